The zero-order chi connectivity index (χ0) is 17.4. The van der Waals surface area contributed by atoms with Gasteiger partial charge in [-0.05, 0) is 30.0 Å². The molecule has 0 aliphatic heterocycles. The first kappa shape index (κ1) is 17.2. The fourth-order valence-electron chi connectivity index (χ4n) is 2.27. The zero-order valence-electron chi connectivity index (χ0n) is 13.3. The number of benzene rings is 2. The highest BCUT2D eigenvalue weighted by Crippen LogP contribution is 2.18. The van der Waals surface area contributed by atoms with Gasteiger partial charge >= 0.3 is 0 Å². The summed E-state index contributed by atoms with van der Waals surface area (Å²) in [6.07, 6.45) is 2.03. The summed E-state index contributed by atoms with van der Waals surface area (Å²) < 4.78 is 6.29. The first-order valence-electron chi connectivity index (χ1n) is 7.48. The van der Waals surface area contributed by atoms with E-state index in [1.54, 1.807) is 31.2 Å². The molecular weight excluding hydrogens is 308 g/mol. The third-order valence-electron chi connectivity index (χ3n) is 3.42. The zero-order valence-corrected chi connectivity index (χ0v) is 13.3. The molecule has 0 bridgehead atoms. The van der Waals surface area contributed by atoms with Gasteiger partial charge in [0.05, 0.1) is 11.5 Å². The normalized spacial score (nSPS) is 9.88. The summed E-state index contributed by atoms with van der Waals surface area (Å²) in [7, 11) is 0. The molecule has 6 nitrogen and oxygen atoms in total. The molecule has 24 heavy (non-hydrogen) atoms. The Morgan fingerprint density at radius 3 is 2.42 bits per heavy atom. The average Bonchev–Trinajstić information content (AvgIpc) is 3.00. The van der Waals surface area contributed by atoms with E-state index in [1.807, 2.05) is 18.3 Å². The molecule has 0 saturated heterocycles. The van der Waals surface area contributed by atoms with Crippen molar-refractivity contribution in [2.75, 3.05) is 6.61 Å². The van der Waals surface area contributed by atoms with Crippen LogP contribution in [-0.2, 0) is 16.1 Å². The molecule has 1 aromatic heterocycles. The summed E-state index contributed by atoms with van der Waals surface area (Å²) in [5, 5.41) is 11.8. The number of ether oxygens (including phenoxy) is 1. The van der Waals surface area contributed by atoms with E-state index in [0.717, 1.165) is 5.56 Å². The number of fused-ring (bicyclic) bond motifs is 1. The maximum absolute atomic E-state index is 10.6. The van der Waals surface area contributed by atoms with Gasteiger partial charge in [0.25, 0.3) is 12.2 Å². The van der Waals surface area contributed by atoms with Gasteiger partial charge in [-0.25, -0.2) is 0 Å². The fraction of sp³-hybridized carbons (Fsp3) is 0.167. The van der Waals surface area contributed by atoms with Gasteiger partial charge in [-0.3, -0.25) is 14.9 Å². The van der Waals surface area contributed by atoms with E-state index in [4.69, 9.17) is 0 Å². The lowest BCUT2D eigenvalue weighted by atomic mass is 10.2. The number of non-ortho nitro benzene ring substituents is 1. The van der Waals surface area contributed by atoms with Crippen molar-refractivity contribution in [1.29, 1.82) is 0 Å². The number of nitro benzene ring substituents is 1. The van der Waals surface area contributed by atoms with E-state index in [2.05, 4.69) is 27.5 Å². The van der Waals surface area contributed by atoms with Crippen molar-refractivity contribution in [3.8, 4) is 0 Å². The molecule has 0 aliphatic rings. The number of aromatic nitrogens is 1. The summed E-state index contributed by atoms with van der Waals surface area (Å²) in [5.74, 6) is 0. The quantitative estimate of drug-likeness (QED) is 0.406. The molecule has 0 spiro atoms. The summed E-state index contributed by atoms with van der Waals surface area (Å²) in [6, 6.07) is 16.9. The van der Waals surface area contributed by atoms with Gasteiger partial charge in [0.1, 0.15) is 0 Å². The van der Waals surface area contributed by atoms with Crippen LogP contribution in [0.3, 0.4) is 0 Å². The second kappa shape index (κ2) is 8.47. The van der Waals surface area contributed by atoms with Crippen LogP contribution in [0.25, 0.3) is 10.9 Å². The van der Waals surface area contributed by atoms with Gasteiger partial charge in [0, 0.05) is 30.4 Å². The molecule has 0 fully saturated rings. The van der Waals surface area contributed by atoms with Gasteiger partial charge in [-0.2, -0.15) is 0 Å². The van der Waals surface area contributed by atoms with Crippen LogP contribution in [-0.4, -0.2) is 22.6 Å². The van der Waals surface area contributed by atoms with Crippen LogP contribution in [0, 0.1) is 10.1 Å². The second-order valence-corrected chi connectivity index (χ2v) is 4.98. The van der Waals surface area contributed by atoms with Crippen molar-refractivity contribution in [3.05, 3.63) is 76.5 Å². The Hall–Kier alpha value is -3.15. The number of nitrogens with zero attached hydrogens (tertiary/aromatic N) is 2. The third-order valence-corrected chi connectivity index (χ3v) is 3.42. The molecule has 0 aliphatic carbocycles. The average molecular weight is 326 g/mol. The maximum atomic E-state index is 10.6. The Labute approximate surface area is 139 Å². The minimum atomic E-state index is -0.380. The van der Waals surface area contributed by atoms with Crippen LogP contribution in [0.4, 0.5) is 5.69 Å². The van der Waals surface area contributed by atoms with Crippen molar-refractivity contribution in [1.82, 2.24) is 4.57 Å². The first-order valence-corrected chi connectivity index (χ1v) is 7.48. The van der Waals surface area contributed by atoms with Crippen LogP contribution < -0.4 is 0 Å². The summed E-state index contributed by atoms with van der Waals surface area (Å²) >= 11 is 0. The highest BCUT2D eigenvalue weighted by atomic mass is 16.6. The predicted octanol–water partition coefficient (Wildman–Crippen LogP) is 3.78. The van der Waals surface area contributed by atoms with E-state index in [9.17, 15) is 14.9 Å². The molecule has 3 rings (SSSR count). The Balaban J connectivity index is 0.000000368. The van der Waals surface area contributed by atoms with E-state index in [1.165, 1.54) is 10.9 Å². The molecule has 0 amide bonds. The number of carbonyl (C=O) groups excluding carboxylic acids is 1. The Bertz CT molecular complexity index is 809. The van der Waals surface area contributed by atoms with E-state index in [0.29, 0.717) is 19.6 Å². The number of nitro groups is 1. The lowest BCUT2D eigenvalue weighted by Crippen LogP contribution is -1.98. The molecule has 1 heterocycles. The van der Waals surface area contributed by atoms with E-state index in [-0.39, 0.29) is 10.6 Å². The van der Waals surface area contributed by atoms with Crippen LogP contribution >= 0.6 is 0 Å². The smallest absolute Gasteiger partial charge is 0.293 e. The first-order chi connectivity index (χ1) is 11.7. The lowest BCUT2D eigenvalue weighted by molar-refractivity contribution is -0.384. The highest BCUT2D eigenvalue weighted by Gasteiger charge is 2.05. The SMILES string of the molecule is CCOC=O.O=[N+]([O-])c1ccc(Cn2ccc3ccccc32)cc1. The van der Waals surface area contributed by atoms with Crippen molar-refractivity contribution in [2.45, 2.75) is 13.5 Å². The topological polar surface area (TPSA) is 74.4 Å². The highest BCUT2D eigenvalue weighted by molar-refractivity contribution is 5.80. The van der Waals surface area contributed by atoms with Crippen molar-refractivity contribution in [2.24, 2.45) is 0 Å². The van der Waals surface area contributed by atoms with Crippen LogP contribution in [0.5, 0.6) is 0 Å². The third kappa shape index (κ3) is 4.42. The minimum absolute atomic E-state index is 0.126. The van der Waals surface area contributed by atoms with Gasteiger partial charge in [-0.1, -0.05) is 30.3 Å². The number of para-hydroxylation sites is 1. The molecule has 6 heteroatoms. The second-order valence-electron chi connectivity index (χ2n) is 4.98. The number of rotatable bonds is 5. The van der Waals surface area contributed by atoms with Crippen LogP contribution in [0.1, 0.15) is 12.5 Å². The minimum Gasteiger partial charge on any atom is -0.468 e. The van der Waals surface area contributed by atoms with Crippen LogP contribution in [0.15, 0.2) is 60.8 Å². The number of hydrogen-bond acceptors (Lipinski definition) is 4. The molecule has 0 atom stereocenters. The Morgan fingerprint density at radius 1 is 1.12 bits per heavy atom. The molecular formula is C18H18N2O4. The summed E-state index contributed by atoms with van der Waals surface area (Å²) in [4.78, 5) is 19.4. The van der Waals surface area contributed by atoms with Crippen molar-refractivity contribution >= 4 is 23.1 Å². The molecule has 2 aromatic carbocycles. The molecule has 0 saturated carbocycles. The summed E-state index contributed by atoms with van der Waals surface area (Å²) in [5.41, 5.74) is 2.34. The molecule has 124 valence electrons. The monoisotopic (exact) mass is 326 g/mol. The van der Waals surface area contributed by atoms with Crippen molar-refractivity contribution < 1.29 is 14.5 Å². The summed E-state index contributed by atoms with van der Waals surface area (Å²) in [6.45, 7) is 3.38. The van der Waals surface area contributed by atoms with Gasteiger partial charge in [0.2, 0.25) is 0 Å². The van der Waals surface area contributed by atoms with Gasteiger partial charge < -0.3 is 9.30 Å². The lowest BCUT2D eigenvalue weighted by Gasteiger charge is -2.05. The predicted molar refractivity (Wildman–Crippen MR) is 91.8 cm³/mol. The van der Waals surface area contributed by atoms with Crippen LogP contribution in [0.2, 0.25) is 0 Å². The number of carbonyl (C=O) groups is 1. The fourth-order valence-corrected chi connectivity index (χ4v) is 2.27. The van der Waals surface area contributed by atoms with Gasteiger partial charge in [-0.15, -0.1) is 0 Å². The van der Waals surface area contributed by atoms with E-state index >= 15 is 0 Å². The van der Waals surface area contributed by atoms with Gasteiger partial charge in [0.15, 0.2) is 0 Å². The largest absolute Gasteiger partial charge is 0.468 e. The molecule has 3 aromatic rings. The molecule has 0 unspecified atom stereocenters. The Kier molecular flexibility index (Phi) is 6.08. The standard InChI is InChI=1S/C15H12N2O2.C3H6O2/c18-17(19)14-7-5-12(6-8-14)11-16-10-9-13-3-1-2-4-15(13)16;1-2-5-3-4/h1-10H,11H2;3H,2H2,1H3. The van der Waals surface area contributed by atoms with E-state index < -0.39 is 0 Å². The molecule has 0 radical (unpaired) electrons. The van der Waals surface area contributed by atoms with Crippen molar-refractivity contribution in [3.63, 3.8) is 0 Å². The Morgan fingerprint density at radius 2 is 1.83 bits per heavy atom. The molecule has 0 N–H and O–H groups in total. The maximum Gasteiger partial charge on any atom is 0.293 e. The number of hydrogen-bond donors (Lipinski definition) is 0.